The van der Waals surface area contributed by atoms with E-state index < -0.39 is 0 Å². The van der Waals surface area contributed by atoms with E-state index in [4.69, 9.17) is 10.5 Å². The molecular formula is C16H23N3O. The summed E-state index contributed by atoms with van der Waals surface area (Å²) in [7, 11) is 1.59. The molecule has 1 fully saturated rings. The quantitative estimate of drug-likeness (QED) is 0.914. The molecule has 0 aromatic heterocycles. The van der Waals surface area contributed by atoms with Gasteiger partial charge in [0.05, 0.1) is 12.7 Å². The molecule has 0 amide bonds. The molecule has 2 unspecified atom stereocenters. The van der Waals surface area contributed by atoms with Crippen molar-refractivity contribution in [3.8, 4) is 11.8 Å². The minimum atomic E-state index is 0.316. The molecule has 1 heterocycles. The summed E-state index contributed by atoms with van der Waals surface area (Å²) in [5, 5.41) is 9.25. The van der Waals surface area contributed by atoms with Crippen LogP contribution in [0.4, 0.5) is 0 Å². The average Bonchev–Trinajstić information content (AvgIpc) is 2.53. The van der Waals surface area contributed by atoms with E-state index in [1.165, 1.54) is 12.0 Å². The van der Waals surface area contributed by atoms with Gasteiger partial charge in [-0.05, 0) is 56.1 Å². The van der Waals surface area contributed by atoms with E-state index in [0.717, 1.165) is 19.5 Å². The summed E-state index contributed by atoms with van der Waals surface area (Å²) in [5.74, 6) is 1.10. The van der Waals surface area contributed by atoms with Crippen molar-refractivity contribution in [2.45, 2.75) is 25.8 Å². The standard InChI is InChI=1S/C16H23N3O/c1-3-19-8-4-5-13(10-17)16(19)12-6-7-15(20-2)14(9-12)11-18/h6-7,9,13,16H,3-5,8,10,17H2,1-2H3. The first-order chi connectivity index (χ1) is 9.74. The van der Waals surface area contributed by atoms with Crippen LogP contribution >= 0.6 is 0 Å². The van der Waals surface area contributed by atoms with Crippen molar-refractivity contribution in [2.24, 2.45) is 11.7 Å². The second-order valence-corrected chi connectivity index (χ2v) is 5.28. The van der Waals surface area contributed by atoms with Crippen molar-refractivity contribution in [3.05, 3.63) is 29.3 Å². The third kappa shape index (κ3) is 2.79. The first-order valence-electron chi connectivity index (χ1n) is 7.27. The van der Waals surface area contributed by atoms with E-state index in [2.05, 4.69) is 24.0 Å². The molecule has 0 radical (unpaired) electrons. The summed E-state index contributed by atoms with van der Waals surface area (Å²) in [5.41, 5.74) is 7.74. The largest absolute Gasteiger partial charge is 0.495 e. The predicted molar refractivity (Wildman–Crippen MR) is 79.5 cm³/mol. The van der Waals surface area contributed by atoms with E-state index in [1.807, 2.05) is 12.1 Å². The summed E-state index contributed by atoms with van der Waals surface area (Å²) < 4.78 is 5.22. The number of rotatable bonds is 4. The Morgan fingerprint density at radius 2 is 2.30 bits per heavy atom. The van der Waals surface area contributed by atoms with Gasteiger partial charge in [-0.1, -0.05) is 13.0 Å². The summed E-state index contributed by atoms with van der Waals surface area (Å²) in [6.45, 7) is 4.98. The minimum absolute atomic E-state index is 0.316. The molecule has 4 heteroatoms. The SMILES string of the molecule is CCN1CCCC(CN)C1c1ccc(OC)c(C#N)c1. The van der Waals surface area contributed by atoms with Crippen LogP contribution < -0.4 is 10.5 Å². The topological polar surface area (TPSA) is 62.3 Å². The molecule has 1 aliphatic rings. The third-order valence-electron chi connectivity index (χ3n) is 4.25. The molecule has 108 valence electrons. The van der Waals surface area contributed by atoms with E-state index >= 15 is 0 Å². The van der Waals surface area contributed by atoms with Gasteiger partial charge >= 0.3 is 0 Å². The Morgan fingerprint density at radius 1 is 1.50 bits per heavy atom. The number of piperidine rings is 1. The fourth-order valence-electron chi connectivity index (χ4n) is 3.23. The summed E-state index contributed by atoms with van der Waals surface area (Å²) in [6.07, 6.45) is 2.36. The highest BCUT2D eigenvalue weighted by atomic mass is 16.5. The highest BCUT2D eigenvalue weighted by Gasteiger charge is 2.31. The maximum atomic E-state index is 9.25. The van der Waals surface area contributed by atoms with Gasteiger partial charge in [0.15, 0.2) is 0 Å². The van der Waals surface area contributed by atoms with Gasteiger partial charge in [0, 0.05) is 6.04 Å². The number of likely N-dealkylation sites (tertiary alicyclic amines) is 1. The predicted octanol–water partition coefficient (Wildman–Crippen LogP) is 2.30. The van der Waals surface area contributed by atoms with Gasteiger partial charge in [-0.3, -0.25) is 4.90 Å². The van der Waals surface area contributed by atoms with Gasteiger partial charge in [-0.15, -0.1) is 0 Å². The lowest BCUT2D eigenvalue weighted by molar-refractivity contribution is 0.102. The zero-order valence-electron chi connectivity index (χ0n) is 12.3. The number of ether oxygens (including phenoxy) is 1. The van der Waals surface area contributed by atoms with E-state index in [-0.39, 0.29) is 0 Å². The molecule has 4 nitrogen and oxygen atoms in total. The van der Waals surface area contributed by atoms with Crippen LogP contribution in [0.1, 0.15) is 36.9 Å². The number of methoxy groups -OCH3 is 1. The first-order valence-corrected chi connectivity index (χ1v) is 7.27. The van der Waals surface area contributed by atoms with Crippen LogP contribution in [-0.4, -0.2) is 31.6 Å². The lowest BCUT2D eigenvalue weighted by atomic mass is 9.84. The molecule has 2 N–H and O–H groups in total. The molecule has 2 rings (SSSR count). The van der Waals surface area contributed by atoms with Crippen molar-refractivity contribution in [2.75, 3.05) is 26.7 Å². The Morgan fingerprint density at radius 3 is 2.90 bits per heavy atom. The molecule has 1 aromatic carbocycles. The van der Waals surface area contributed by atoms with Crippen LogP contribution in [0.15, 0.2) is 18.2 Å². The number of benzene rings is 1. The lowest BCUT2D eigenvalue weighted by Crippen LogP contribution is -2.41. The van der Waals surface area contributed by atoms with Crippen LogP contribution in [0, 0.1) is 17.2 Å². The van der Waals surface area contributed by atoms with Gasteiger partial charge in [0.1, 0.15) is 11.8 Å². The average molecular weight is 273 g/mol. The Bertz CT molecular complexity index is 483. The number of nitrogens with two attached hydrogens (primary N) is 1. The Kier molecular flexibility index (Phi) is 4.99. The van der Waals surface area contributed by atoms with Crippen LogP contribution in [0.25, 0.3) is 0 Å². The van der Waals surface area contributed by atoms with Crippen molar-refractivity contribution in [1.82, 2.24) is 4.90 Å². The number of nitriles is 1. The molecule has 20 heavy (non-hydrogen) atoms. The van der Waals surface area contributed by atoms with Gasteiger partial charge in [-0.25, -0.2) is 0 Å². The molecule has 1 saturated heterocycles. The van der Waals surface area contributed by atoms with Crippen LogP contribution in [0.2, 0.25) is 0 Å². The zero-order chi connectivity index (χ0) is 14.5. The summed E-state index contributed by atoms with van der Waals surface area (Å²) in [6, 6.07) is 8.46. The van der Waals surface area contributed by atoms with Crippen LogP contribution in [0.3, 0.4) is 0 Å². The minimum Gasteiger partial charge on any atom is -0.495 e. The maximum Gasteiger partial charge on any atom is 0.136 e. The zero-order valence-corrected chi connectivity index (χ0v) is 12.3. The molecule has 0 aliphatic carbocycles. The van der Waals surface area contributed by atoms with Gasteiger partial charge < -0.3 is 10.5 Å². The normalized spacial score (nSPS) is 23.3. The number of nitrogens with zero attached hydrogens (tertiary/aromatic N) is 2. The summed E-state index contributed by atoms with van der Waals surface area (Å²) in [4.78, 5) is 2.46. The highest BCUT2D eigenvalue weighted by Crippen LogP contribution is 2.36. The lowest BCUT2D eigenvalue weighted by Gasteiger charge is -2.41. The molecule has 0 spiro atoms. The number of hydrogen-bond acceptors (Lipinski definition) is 4. The highest BCUT2D eigenvalue weighted by molar-refractivity contribution is 5.46. The molecule has 1 aromatic rings. The van der Waals surface area contributed by atoms with Crippen molar-refractivity contribution >= 4 is 0 Å². The monoisotopic (exact) mass is 273 g/mol. The van der Waals surface area contributed by atoms with Crippen LogP contribution in [0.5, 0.6) is 5.75 Å². The van der Waals surface area contributed by atoms with E-state index in [1.54, 1.807) is 7.11 Å². The van der Waals surface area contributed by atoms with Crippen molar-refractivity contribution in [1.29, 1.82) is 5.26 Å². The fraction of sp³-hybridized carbons (Fsp3) is 0.562. The molecule has 1 aliphatic heterocycles. The Balaban J connectivity index is 2.38. The third-order valence-corrected chi connectivity index (χ3v) is 4.25. The summed E-state index contributed by atoms with van der Waals surface area (Å²) >= 11 is 0. The molecule has 0 bridgehead atoms. The Hall–Kier alpha value is -1.57. The number of hydrogen-bond donors (Lipinski definition) is 1. The van der Waals surface area contributed by atoms with E-state index in [9.17, 15) is 5.26 Å². The second-order valence-electron chi connectivity index (χ2n) is 5.28. The molecular weight excluding hydrogens is 250 g/mol. The fourth-order valence-corrected chi connectivity index (χ4v) is 3.23. The van der Waals surface area contributed by atoms with Gasteiger partial charge in [-0.2, -0.15) is 5.26 Å². The molecule has 0 saturated carbocycles. The maximum absolute atomic E-state index is 9.25. The second kappa shape index (κ2) is 6.74. The van der Waals surface area contributed by atoms with Gasteiger partial charge in [0.25, 0.3) is 0 Å². The van der Waals surface area contributed by atoms with Crippen LogP contribution in [-0.2, 0) is 0 Å². The van der Waals surface area contributed by atoms with Crippen molar-refractivity contribution in [3.63, 3.8) is 0 Å². The first kappa shape index (κ1) is 14.8. The smallest absolute Gasteiger partial charge is 0.136 e. The van der Waals surface area contributed by atoms with E-state index in [0.29, 0.717) is 29.8 Å². The van der Waals surface area contributed by atoms with Gasteiger partial charge in [0.2, 0.25) is 0 Å². The van der Waals surface area contributed by atoms with Crippen molar-refractivity contribution < 1.29 is 4.74 Å². The molecule has 2 atom stereocenters. The Labute approximate surface area is 121 Å².